The Morgan fingerprint density at radius 1 is 1.21 bits per heavy atom. The Morgan fingerprint density at radius 2 is 2.03 bits per heavy atom. The third kappa shape index (κ3) is 4.27. The van der Waals surface area contributed by atoms with Crippen molar-refractivity contribution in [1.82, 2.24) is 30.1 Å². The van der Waals surface area contributed by atoms with Crippen molar-refractivity contribution in [3.8, 4) is 0 Å². The molecule has 4 rings (SSSR count). The average Bonchev–Trinajstić information content (AvgIpc) is 3.14. The molecule has 0 unspecified atom stereocenters. The van der Waals surface area contributed by atoms with Crippen LogP contribution in [0, 0.1) is 6.92 Å². The molecule has 1 fully saturated rings. The summed E-state index contributed by atoms with van der Waals surface area (Å²) in [6, 6.07) is 13.3. The van der Waals surface area contributed by atoms with Crippen LogP contribution in [0.1, 0.15) is 23.4 Å². The number of nitrogens with zero attached hydrogens (tertiary/aromatic N) is 4. The van der Waals surface area contributed by atoms with Gasteiger partial charge in [0.05, 0.1) is 19.0 Å². The fourth-order valence-electron chi connectivity index (χ4n) is 3.62. The number of rotatable bonds is 6. The predicted molar refractivity (Wildman–Crippen MR) is 108 cm³/mol. The highest BCUT2D eigenvalue weighted by Gasteiger charge is 2.31. The van der Waals surface area contributed by atoms with Gasteiger partial charge in [0.15, 0.2) is 11.5 Å². The largest absolute Gasteiger partial charge is 0.353 e. The molecule has 0 bridgehead atoms. The minimum Gasteiger partial charge on any atom is -0.353 e. The van der Waals surface area contributed by atoms with Crippen molar-refractivity contribution in [3.63, 3.8) is 0 Å². The Kier molecular flexibility index (Phi) is 5.53. The van der Waals surface area contributed by atoms with Crippen LogP contribution in [0.5, 0.6) is 0 Å². The number of carbonyl (C=O) groups excluding carboxylic acids is 2. The Balaban J connectivity index is 1.40. The molecule has 0 aliphatic carbocycles. The molecule has 29 heavy (non-hydrogen) atoms. The van der Waals surface area contributed by atoms with Crippen LogP contribution >= 0.6 is 0 Å². The maximum absolute atomic E-state index is 12.6. The summed E-state index contributed by atoms with van der Waals surface area (Å²) >= 11 is 0. The molecule has 2 N–H and O–H groups in total. The zero-order valence-electron chi connectivity index (χ0n) is 16.3. The van der Waals surface area contributed by atoms with Crippen LogP contribution in [0.25, 0.3) is 5.65 Å². The summed E-state index contributed by atoms with van der Waals surface area (Å²) in [5.41, 5.74) is 3.08. The van der Waals surface area contributed by atoms with Gasteiger partial charge in [0.25, 0.3) is 0 Å². The van der Waals surface area contributed by atoms with Gasteiger partial charge in [0, 0.05) is 25.8 Å². The molecule has 3 aromatic rings. The maximum Gasteiger partial charge on any atom is 0.237 e. The van der Waals surface area contributed by atoms with Gasteiger partial charge in [-0.25, -0.2) is 0 Å². The maximum atomic E-state index is 12.6. The van der Waals surface area contributed by atoms with Gasteiger partial charge in [-0.3, -0.25) is 18.9 Å². The van der Waals surface area contributed by atoms with Crippen LogP contribution < -0.4 is 10.6 Å². The normalized spacial score (nSPS) is 17.3. The van der Waals surface area contributed by atoms with Gasteiger partial charge in [0.1, 0.15) is 0 Å². The zero-order chi connectivity index (χ0) is 20.2. The van der Waals surface area contributed by atoms with Crippen LogP contribution in [0.15, 0.2) is 48.7 Å². The number of aryl methyl sites for hydroxylation is 1. The smallest absolute Gasteiger partial charge is 0.237 e. The van der Waals surface area contributed by atoms with Gasteiger partial charge in [-0.05, 0) is 30.2 Å². The summed E-state index contributed by atoms with van der Waals surface area (Å²) < 4.78 is 1.83. The summed E-state index contributed by atoms with van der Waals surface area (Å²) in [4.78, 5) is 27.1. The zero-order valence-corrected chi connectivity index (χ0v) is 16.3. The SMILES string of the molecule is Cc1ccccc1CN1CCNC(=O)[C@H]1CC(=O)NCc1nnc2ccccn12. The molecule has 0 saturated carbocycles. The number of pyridine rings is 1. The van der Waals surface area contributed by atoms with Crippen LogP contribution in [-0.4, -0.2) is 50.4 Å². The first kappa shape index (κ1) is 19.1. The lowest BCUT2D eigenvalue weighted by molar-refractivity contribution is -0.134. The predicted octanol–water partition coefficient (Wildman–Crippen LogP) is 1.04. The topological polar surface area (TPSA) is 91.6 Å². The van der Waals surface area contributed by atoms with Crippen LogP contribution in [0.4, 0.5) is 0 Å². The number of carbonyl (C=O) groups is 2. The molecular weight excluding hydrogens is 368 g/mol. The number of hydrogen-bond acceptors (Lipinski definition) is 5. The third-order valence-electron chi connectivity index (χ3n) is 5.28. The number of piperazine rings is 1. The van der Waals surface area contributed by atoms with E-state index in [2.05, 4.69) is 44.8 Å². The van der Waals surface area contributed by atoms with Gasteiger partial charge in [-0.2, -0.15) is 0 Å². The summed E-state index contributed by atoms with van der Waals surface area (Å²) in [6.45, 7) is 4.27. The summed E-state index contributed by atoms with van der Waals surface area (Å²) in [6.07, 6.45) is 1.96. The quantitative estimate of drug-likeness (QED) is 0.654. The standard InChI is InChI=1S/C21H24N6O2/c1-15-6-2-3-7-16(15)14-26-11-9-22-21(29)17(26)12-20(28)23-13-19-25-24-18-8-4-5-10-27(18)19/h2-8,10,17H,9,11-14H2,1H3,(H,22,29)(H,23,28)/t17-/m1/s1. The van der Waals surface area contributed by atoms with E-state index >= 15 is 0 Å². The molecule has 8 heteroatoms. The van der Waals surface area contributed by atoms with Crippen molar-refractivity contribution < 1.29 is 9.59 Å². The van der Waals surface area contributed by atoms with Gasteiger partial charge < -0.3 is 10.6 Å². The first-order valence-corrected chi connectivity index (χ1v) is 9.73. The second kappa shape index (κ2) is 8.40. The summed E-state index contributed by atoms with van der Waals surface area (Å²) in [5, 5.41) is 13.9. The van der Waals surface area contributed by atoms with E-state index in [4.69, 9.17) is 0 Å². The molecule has 1 aliphatic heterocycles. The van der Waals surface area contributed by atoms with Gasteiger partial charge in [-0.15, -0.1) is 10.2 Å². The highest BCUT2D eigenvalue weighted by atomic mass is 16.2. The van der Waals surface area contributed by atoms with Crippen molar-refractivity contribution in [2.24, 2.45) is 0 Å². The molecule has 2 amide bonds. The first-order chi connectivity index (χ1) is 14.1. The average molecular weight is 392 g/mol. The Hall–Kier alpha value is -3.26. The lowest BCUT2D eigenvalue weighted by Crippen LogP contribution is -2.56. The number of fused-ring (bicyclic) bond motifs is 1. The summed E-state index contributed by atoms with van der Waals surface area (Å²) in [7, 11) is 0. The Bertz CT molecular complexity index is 1030. The van der Waals surface area contributed by atoms with Crippen LogP contribution in [0.3, 0.4) is 0 Å². The lowest BCUT2D eigenvalue weighted by atomic mass is 10.0. The second-order valence-corrected chi connectivity index (χ2v) is 7.23. The number of benzene rings is 1. The first-order valence-electron chi connectivity index (χ1n) is 9.73. The molecule has 150 valence electrons. The van der Waals surface area contributed by atoms with Gasteiger partial charge >= 0.3 is 0 Å². The van der Waals surface area contributed by atoms with E-state index in [0.717, 1.165) is 5.65 Å². The number of amides is 2. The van der Waals surface area contributed by atoms with Gasteiger partial charge in [-0.1, -0.05) is 30.3 Å². The van der Waals surface area contributed by atoms with E-state index < -0.39 is 6.04 Å². The molecule has 1 aliphatic rings. The van der Waals surface area contributed by atoms with Crippen molar-refractivity contribution >= 4 is 17.5 Å². The van der Waals surface area contributed by atoms with E-state index in [9.17, 15) is 9.59 Å². The molecule has 0 radical (unpaired) electrons. The Labute approximate surface area is 168 Å². The molecule has 1 saturated heterocycles. The van der Waals surface area contributed by atoms with Crippen molar-refractivity contribution in [1.29, 1.82) is 0 Å². The molecule has 1 atom stereocenters. The fraction of sp³-hybridized carbons (Fsp3) is 0.333. The van der Waals surface area contributed by atoms with Gasteiger partial charge in [0.2, 0.25) is 11.8 Å². The van der Waals surface area contributed by atoms with E-state index in [-0.39, 0.29) is 24.8 Å². The van der Waals surface area contributed by atoms with Crippen LogP contribution in [0.2, 0.25) is 0 Å². The van der Waals surface area contributed by atoms with Crippen molar-refractivity contribution in [3.05, 3.63) is 65.6 Å². The van der Waals surface area contributed by atoms with E-state index in [1.54, 1.807) is 0 Å². The van der Waals surface area contributed by atoms with Crippen molar-refractivity contribution in [2.45, 2.75) is 32.5 Å². The number of hydrogen-bond donors (Lipinski definition) is 2. The lowest BCUT2D eigenvalue weighted by Gasteiger charge is -2.35. The Morgan fingerprint density at radius 3 is 2.90 bits per heavy atom. The van der Waals surface area contributed by atoms with E-state index in [1.165, 1.54) is 11.1 Å². The van der Waals surface area contributed by atoms with E-state index in [1.807, 2.05) is 40.9 Å². The number of aromatic nitrogens is 3. The van der Waals surface area contributed by atoms with Crippen molar-refractivity contribution in [2.75, 3.05) is 13.1 Å². The third-order valence-corrected chi connectivity index (χ3v) is 5.28. The molecule has 8 nitrogen and oxygen atoms in total. The highest BCUT2D eigenvalue weighted by Crippen LogP contribution is 2.16. The minimum atomic E-state index is -0.488. The molecule has 0 spiro atoms. The van der Waals surface area contributed by atoms with Crippen LogP contribution in [-0.2, 0) is 22.7 Å². The highest BCUT2D eigenvalue weighted by molar-refractivity contribution is 5.88. The monoisotopic (exact) mass is 392 g/mol. The number of nitrogens with one attached hydrogen (secondary N) is 2. The van der Waals surface area contributed by atoms with E-state index in [0.29, 0.717) is 25.5 Å². The molecular formula is C21H24N6O2. The summed E-state index contributed by atoms with van der Waals surface area (Å²) in [5.74, 6) is 0.362. The molecule has 3 heterocycles. The molecule has 1 aromatic carbocycles. The minimum absolute atomic E-state index is 0.104. The fourth-order valence-corrected chi connectivity index (χ4v) is 3.62. The second-order valence-electron chi connectivity index (χ2n) is 7.23. The molecule has 2 aromatic heterocycles.